The molecule has 0 radical (unpaired) electrons. The molecule has 2 aromatic carbocycles. The zero-order valence-electron chi connectivity index (χ0n) is 16.0. The maximum Gasteiger partial charge on any atom is 0.341 e. The normalized spacial score (nSPS) is 10.6. The fourth-order valence-corrected chi connectivity index (χ4v) is 2.36. The molecule has 0 saturated carbocycles. The number of rotatable bonds is 11. The molecule has 0 bridgehead atoms. The van der Waals surface area contributed by atoms with Crippen molar-refractivity contribution in [3.63, 3.8) is 0 Å². The number of allylic oxidation sites excluding steroid dienone is 1. The van der Waals surface area contributed by atoms with Gasteiger partial charge >= 0.3 is 5.97 Å². The summed E-state index contributed by atoms with van der Waals surface area (Å²) >= 11 is 0. The first-order chi connectivity index (χ1) is 13.5. The van der Waals surface area contributed by atoms with E-state index in [-0.39, 0.29) is 5.78 Å². The molecule has 0 aliphatic rings. The summed E-state index contributed by atoms with van der Waals surface area (Å²) in [5, 5.41) is 8.60. The summed E-state index contributed by atoms with van der Waals surface area (Å²) in [5.41, 5.74) is 1.30. The average Bonchev–Trinajstić information content (AvgIpc) is 2.71. The number of carboxylic acids is 1. The minimum atomic E-state index is -1.05. The third-order valence-electron chi connectivity index (χ3n) is 3.87. The number of ether oxygens (including phenoxy) is 3. The average molecular weight is 384 g/mol. The van der Waals surface area contributed by atoms with Crippen LogP contribution in [-0.4, -0.2) is 37.2 Å². The molecule has 0 heterocycles. The lowest BCUT2D eigenvalue weighted by atomic mass is 10.1. The summed E-state index contributed by atoms with van der Waals surface area (Å²) in [6.07, 6.45) is 5.18. The lowest BCUT2D eigenvalue weighted by molar-refractivity contribution is -0.139. The molecule has 28 heavy (non-hydrogen) atoms. The van der Waals surface area contributed by atoms with Crippen LogP contribution in [0.5, 0.6) is 17.2 Å². The van der Waals surface area contributed by atoms with Crippen molar-refractivity contribution < 1.29 is 28.9 Å². The Labute approximate surface area is 164 Å². The SMILES string of the molecule is CCCCOc1cc(/C=C/C(=O)c2ccc(OCC(=O)O)cc2)ccc1OC. The number of methoxy groups -OCH3 is 1. The Balaban J connectivity index is 2.04. The van der Waals surface area contributed by atoms with Crippen molar-refractivity contribution in [2.75, 3.05) is 20.3 Å². The molecule has 0 unspecified atom stereocenters. The highest BCUT2D eigenvalue weighted by molar-refractivity contribution is 6.06. The first-order valence-corrected chi connectivity index (χ1v) is 9.01. The van der Waals surface area contributed by atoms with Gasteiger partial charge in [0.15, 0.2) is 23.9 Å². The number of benzene rings is 2. The number of carbonyl (C=O) groups is 2. The van der Waals surface area contributed by atoms with E-state index in [9.17, 15) is 9.59 Å². The van der Waals surface area contributed by atoms with Gasteiger partial charge in [-0.15, -0.1) is 0 Å². The smallest absolute Gasteiger partial charge is 0.341 e. The highest BCUT2D eigenvalue weighted by atomic mass is 16.5. The van der Waals surface area contributed by atoms with Crippen LogP contribution >= 0.6 is 0 Å². The lowest BCUT2D eigenvalue weighted by Gasteiger charge is -2.11. The van der Waals surface area contributed by atoms with Crippen LogP contribution in [0.3, 0.4) is 0 Å². The molecule has 6 heteroatoms. The maximum atomic E-state index is 12.3. The molecule has 0 fully saturated rings. The molecule has 2 aromatic rings. The summed E-state index contributed by atoms with van der Waals surface area (Å²) in [4.78, 5) is 22.8. The summed E-state index contributed by atoms with van der Waals surface area (Å²) in [5.74, 6) is 0.462. The number of hydrogen-bond acceptors (Lipinski definition) is 5. The second-order valence-electron chi connectivity index (χ2n) is 6.02. The van der Waals surface area contributed by atoms with Crippen LogP contribution in [0.25, 0.3) is 6.08 Å². The number of unbranched alkanes of at least 4 members (excludes halogenated alkanes) is 1. The Bertz CT molecular complexity index is 823. The lowest BCUT2D eigenvalue weighted by Crippen LogP contribution is -2.09. The van der Waals surface area contributed by atoms with Crippen LogP contribution in [-0.2, 0) is 4.79 Å². The Hall–Kier alpha value is -3.28. The second kappa shape index (κ2) is 10.8. The molecule has 0 amide bonds. The molecule has 0 aliphatic heterocycles. The van der Waals surface area contributed by atoms with E-state index in [1.165, 1.54) is 6.08 Å². The van der Waals surface area contributed by atoms with Crippen LogP contribution in [0.2, 0.25) is 0 Å². The van der Waals surface area contributed by atoms with Gasteiger partial charge in [0.05, 0.1) is 13.7 Å². The highest BCUT2D eigenvalue weighted by Gasteiger charge is 2.06. The van der Waals surface area contributed by atoms with Crippen molar-refractivity contribution in [3.05, 3.63) is 59.7 Å². The summed E-state index contributed by atoms with van der Waals surface area (Å²) in [7, 11) is 1.59. The Morgan fingerprint density at radius 2 is 1.79 bits per heavy atom. The fourth-order valence-electron chi connectivity index (χ4n) is 2.36. The Morgan fingerprint density at radius 1 is 1.04 bits per heavy atom. The maximum absolute atomic E-state index is 12.3. The molecule has 1 N–H and O–H groups in total. The van der Waals surface area contributed by atoms with Gasteiger partial charge in [-0.25, -0.2) is 4.79 Å². The quantitative estimate of drug-likeness (QED) is 0.355. The van der Waals surface area contributed by atoms with Crippen molar-refractivity contribution in [1.29, 1.82) is 0 Å². The second-order valence-corrected chi connectivity index (χ2v) is 6.02. The first-order valence-electron chi connectivity index (χ1n) is 9.01. The van der Waals surface area contributed by atoms with Gasteiger partial charge in [-0.05, 0) is 54.5 Å². The number of carbonyl (C=O) groups excluding carboxylic acids is 1. The molecular formula is C22H24O6. The van der Waals surface area contributed by atoms with E-state index in [0.29, 0.717) is 29.4 Å². The van der Waals surface area contributed by atoms with Gasteiger partial charge in [0, 0.05) is 5.56 Å². The molecule has 0 atom stereocenters. The van der Waals surface area contributed by atoms with Gasteiger partial charge in [-0.3, -0.25) is 4.79 Å². The fraction of sp³-hybridized carbons (Fsp3) is 0.273. The largest absolute Gasteiger partial charge is 0.493 e. The van der Waals surface area contributed by atoms with Gasteiger partial charge in [-0.1, -0.05) is 25.5 Å². The predicted molar refractivity (Wildman–Crippen MR) is 106 cm³/mol. The predicted octanol–water partition coefficient (Wildman–Crippen LogP) is 4.23. The van der Waals surface area contributed by atoms with Gasteiger partial charge < -0.3 is 19.3 Å². The highest BCUT2D eigenvalue weighted by Crippen LogP contribution is 2.29. The number of aliphatic carboxylic acids is 1. The van der Waals surface area contributed by atoms with E-state index in [2.05, 4.69) is 6.92 Å². The molecule has 6 nitrogen and oxygen atoms in total. The van der Waals surface area contributed by atoms with Crippen LogP contribution < -0.4 is 14.2 Å². The summed E-state index contributed by atoms with van der Waals surface area (Å²) in [6, 6.07) is 11.8. The topological polar surface area (TPSA) is 82.1 Å². The number of hydrogen-bond donors (Lipinski definition) is 1. The zero-order chi connectivity index (χ0) is 20.4. The molecule has 0 saturated heterocycles. The minimum Gasteiger partial charge on any atom is -0.493 e. The third-order valence-corrected chi connectivity index (χ3v) is 3.87. The molecular weight excluding hydrogens is 360 g/mol. The molecule has 0 aliphatic carbocycles. The molecule has 2 rings (SSSR count). The van der Waals surface area contributed by atoms with Crippen LogP contribution in [0, 0.1) is 0 Å². The molecule has 148 valence electrons. The number of ketones is 1. The molecule has 0 aromatic heterocycles. The minimum absolute atomic E-state index is 0.172. The Kier molecular flexibility index (Phi) is 8.09. The van der Waals surface area contributed by atoms with Gasteiger partial charge in [-0.2, -0.15) is 0 Å². The van der Waals surface area contributed by atoms with Crippen molar-refractivity contribution in [1.82, 2.24) is 0 Å². The van der Waals surface area contributed by atoms with Crippen LogP contribution in [0.4, 0.5) is 0 Å². The third kappa shape index (κ3) is 6.46. The Morgan fingerprint density at radius 3 is 2.43 bits per heavy atom. The zero-order valence-corrected chi connectivity index (χ0v) is 16.0. The van der Waals surface area contributed by atoms with E-state index in [1.54, 1.807) is 43.5 Å². The molecule has 0 spiro atoms. The van der Waals surface area contributed by atoms with E-state index in [4.69, 9.17) is 19.3 Å². The van der Waals surface area contributed by atoms with Gasteiger partial charge in [0.2, 0.25) is 0 Å². The van der Waals surface area contributed by atoms with Crippen LogP contribution in [0.1, 0.15) is 35.7 Å². The van der Waals surface area contributed by atoms with Crippen molar-refractivity contribution in [3.8, 4) is 17.2 Å². The van der Waals surface area contributed by atoms with E-state index in [0.717, 1.165) is 18.4 Å². The summed E-state index contributed by atoms with van der Waals surface area (Å²) in [6.45, 7) is 2.28. The van der Waals surface area contributed by atoms with Crippen LogP contribution in [0.15, 0.2) is 48.5 Å². The van der Waals surface area contributed by atoms with Gasteiger partial charge in [0.25, 0.3) is 0 Å². The summed E-state index contributed by atoms with van der Waals surface area (Å²) < 4.78 is 16.1. The van der Waals surface area contributed by atoms with E-state index >= 15 is 0 Å². The van der Waals surface area contributed by atoms with Crippen molar-refractivity contribution in [2.45, 2.75) is 19.8 Å². The number of carboxylic acid groups (broad SMARTS) is 1. The van der Waals surface area contributed by atoms with Crippen molar-refractivity contribution >= 4 is 17.8 Å². The first kappa shape index (κ1) is 21.0. The monoisotopic (exact) mass is 384 g/mol. The van der Waals surface area contributed by atoms with E-state index < -0.39 is 12.6 Å². The standard InChI is InChI=1S/C22H24O6/c1-3-4-13-27-21-14-16(6-12-20(21)26-2)5-11-19(23)17-7-9-18(10-8-17)28-15-22(24)25/h5-12,14H,3-4,13,15H2,1-2H3,(H,24,25)/b11-5+. The van der Waals surface area contributed by atoms with Crippen molar-refractivity contribution in [2.24, 2.45) is 0 Å². The van der Waals surface area contributed by atoms with E-state index in [1.807, 2.05) is 12.1 Å². The van der Waals surface area contributed by atoms with Gasteiger partial charge in [0.1, 0.15) is 5.75 Å².